The molecule has 1 aliphatic carbocycles. The molecule has 6 nitrogen and oxygen atoms in total. The molecule has 0 spiro atoms. The van der Waals surface area contributed by atoms with E-state index in [2.05, 4.69) is 15.5 Å². The van der Waals surface area contributed by atoms with Crippen LogP contribution in [0.2, 0.25) is 0 Å². The first-order valence-corrected chi connectivity index (χ1v) is 9.04. The van der Waals surface area contributed by atoms with E-state index in [4.69, 9.17) is 0 Å². The minimum Gasteiger partial charge on any atom is -0.355 e. The molecule has 2 N–H and O–H groups in total. The van der Waals surface area contributed by atoms with Gasteiger partial charge in [-0.2, -0.15) is 0 Å². The van der Waals surface area contributed by atoms with E-state index in [0.717, 1.165) is 32.2 Å². The molecular weight excluding hydrogens is 292 g/mol. The molecule has 0 aromatic heterocycles. The van der Waals surface area contributed by atoms with E-state index in [1.807, 2.05) is 19.0 Å². The summed E-state index contributed by atoms with van der Waals surface area (Å²) < 4.78 is 0. The lowest BCUT2D eigenvalue weighted by atomic mass is 9.95. The quantitative estimate of drug-likeness (QED) is 0.804. The van der Waals surface area contributed by atoms with Crippen LogP contribution in [0.3, 0.4) is 0 Å². The van der Waals surface area contributed by atoms with Gasteiger partial charge >= 0.3 is 6.03 Å². The fraction of sp³-hybridized carbons (Fsp3) is 0.882. The number of nitrogens with zero attached hydrogens (tertiary/aromatic N) is 2. The van der Waals surface area contributed by atoms with Crippen molar-refractivity contribution in [2.45, 2.75) is 51.0 Å². The van der Waals surface area contributed by atoms with Gasteiger partial charge in [-0.15, -0.1) is 0 Å². The number of rotatable bonds is 5. The maximum Gasteiger partial charge on any atom is 0.317 e. The molecule has 6 heteroatoms. The molecule has 0 radical (unpaired) electrons. The molecule has 1 saturated carbocycles. The molecule has 0 bridgehead atoms. The molecule has 3 amide bonds. The maximum atomic E-state index is 12.3. The second-order valence-electron chi connectivity index (χ2n) is 7.14. The van der Waals surface area contributed by atoms with Gasteiger partial charge in [-0.25, -0.2) is 4.79 Å². The van der Waals surface area contributed by atoms with Crippen molar-refractivity contribution in [2.75, 3.05) is 40.3 Å². The van der Waals surface area contributed by atoms with Gasteiger partial charge in [0, 0.05) is 38.1 Å². The van der Waals surface area contributed by atoms with Crippen molar-refractivity contribution in [3.63, 3.8) is 0 Å². The Morgan fingerprint density at radius 2 is 1.70 bits per heavy atom. The molecule has 0 aromatic carbocycles. The second-order valence-corrected chi connectivity index (χ2v) is 7.14. The minimum absolute atomic E-state index is 0.0518. The van der Waals surface area contributed by atoms with Crippen molar-refractivity contribution in [1.82, 2.24) is 20.4 Å². The monoisotopic (exact) mass is 324 g/mol. The van der Waals surface area contributed by atoms with Gasteiger partial charge in [-0.3, -0.25) is 4.79 Å². The fourth-order valence-electron chi connectivity index (χ4n) is 3.40. The van der Waals surface area contributed by atoms with Crippen LogP contribution in [0.5, 0.6) is 0 Å². The average molecular weight is 324 g/mol. The highest BCUT2D eigenvalue weighted by Crippen LogP contribution is 2.20. The van der Waals surface area contributed by atoms with E-state index < -0.39 is 0 Å². The van der Waals surface area contributed by atoms with Gasteiger partial charge in [-0.1, -0.05) is 19.3 Å². The van der Waals surface area contributed by atoms with Crippen LogP contribution in [-0.4, -0.2) is 68.1 Å². The van der Waals surface area contributed by atoms with Crippen LogP contribution in [-0.2, 0) is 4.79 Å². The number of carbonyl (C=O) groups excluding carboxylic acids is 2. The third-order valence-corrected chi connectivity index (χ3v) is 4.94. The van der Waals surface area contributed by atoms with Crippen LogP contribution < -0.4 is 10.6 Å². The van der Waals surface area contributed by atoms with E-state index in [1.165, 1.54) is 19.3 Å². The summed E-state index contributed by atoms with van der Waals surface area (Å²) in [6.07, 6.45) is 7.49. The molecule has 132 valence electrons. The smallest absolute Gasteiger partial charge is 0.317 e. The number of hydrogen-bond donors (Lipinski definition) is 2. The van der Waals surface area contributed by atoms with Crippen molar-refractivity contribution >= 4 is 11.9 Å². The summed E-state index contributed by atoms with van der Waals surface area (Å²) in [5, 5.41) is 6.15. The second kappa shape index (κ2) is 9.11. The zero-order chi connectivity index (χ0) is 16.7. The molecule has 0 unspecified atom stereocenters. The number of nitrogens with one attached hydrogen (secondary N) is 2. The summed E-state index contributed by atoms with van der Waals surface area (Å²) in [5.41, 5.74) is 0. The zero-order valence-corrected chi connectivity index (χ0v) is 14.6. The third kappa shape index (κ3) is 6.01. The van der Waals surface area contributed by atoms with Crippen LogP contribution in [0.15, 0.2) is 0 Å². The van der Waals surface area contributed by atoms with Crippen LogP contribution in [0.1, 0.15) is 44.9 Å². The average Bonchev–Trinajstić information content (AvgIpc) is 2.55. The molecule has 0 atom stereocenters. The lowest BCUT2D eigenvalue weighted by Crippen LogP contribution is -2.50. The lowest BCUT2D eigenvalue weighted by Gasteiger charge is -2.33. The summed E-state index contributed by atoms with van der Waals surface area (Å²) in [4.78, 5) is 28.4. The summed E-state index contributed by atoms with van der Waals surface area (Å²) in [7, 11) is 3.99. The predicted octanol–water partition coefficient (Wildman–Crippen LogP) is 1.42. The normalized spacial score (nSPS) is 20.6. The molecule has 1 aliphatic heterocycles. The number of likely N-dealkylation sites (N-methyl/N-ethyl adjacent to an activating group) is 1. The standard InChI is InChI=1S/C17H32N4O2/c1-20(2)13-10-18-16(22)14-8-11-21(12-9-14)17(23)19-15-6-4-3-5-7-15/h14-15H,3-13H2,1-2H3,(H,18,22)(H,19,23). The van der Waals surface area contributed by atoms with E-state index in [9.17, 15) is 9.59 Å². The Kier molecular flexibility index (Phi) is 7.15. The Labute approximate surface area is 140 Å². The van der Waals surface area contributed by atoms with Crippen LogP contribution in [0.4, 0.5) is 4.79 Å². The number of piperidine rings is 1. The van der Waals surface area contributed by atoms with E-state index in [1.54, 1.807) is 0 Å². The van der Waals surface area contributed by atoms with E-state index in [0.29, 0.717) is 25.7 Å². The Balaban J connectivity index is 1.66. The fourth-order valence-corrected chi connectivity index (χ4v) is 3.40. The van der Waals surface area contributed by atoms with Gasteiger partial charge in [0.25, 0.3) is 0 Å². The Morgan fingerprint density at radius 3 is 2.30 bits per heavy atom. The van der Waals surface area contributed by atoms with Gasteiger partial charge in [0.05, 0.1) is 0 Å². The summed E-state index contributed by atoms with van der Waals surface area (Å²) in [6, 6.07) is 0.409. The number of carbonyl (C=O) groups is 2. The van der Waals surface area contributed by atoms with E-state index in [-0.39, 0.29) is 17.9 Å². The van der Waals surface area contributed by atoms with Gasteiger partial charge < -0.3 is 20.4 Å². The van der Waals surface area contributed by atoms with Gasteiger partial charge in [0.1, 0.15) is 0 Å². The predicted molar refractivity (Wildman–Crippen MR) is 91.3 cm³/mol. The maximum absolute atomic E-state index is 12.3. The molecular formula is C17H32N4O2. The lowest BCUT2D eigenvalue weighted by molar-refractivity contribution is -0.126. The first kappa shape index (κ1) is 18.0. The van der Waals surface area contributed by atoms with Crippen molar-refractivity contribution in [3.05, 3.63) is 0 Å². The van der Waals surface area contributed by atoms with Crippen LogP contribution >= 0.6 is 0 Å². The summed E-state index contributed by atoms with van der Waals surface area (Å²) in [5.74, 6) is 0.190. The van der Waals surface area contributed by atoms with Crippen LogP contribution in [0.25, 0.3) is 0 Å². The molecule has 2 rings (SSSR count). The first-order chi connectivity index (χ1) is 11.1. The number of hydrogen-bond acceptors (Lipinski definition) is 3. The van der Waals surface area contributed by atoms with Gasteiger partial charge in [0.2, 0.25) is 5.91 Å². The largest absolute Gasteiger partial charge is 0.355 e. The van der Waals surface area contributed by atoms with Gasteiger partial charge in [0.15, 0.2) is 0 Å². The van der Waals surface area contributed by atoms with E-state index >= 15 is 0 Å². The highest BCUT2D eigenvalue weighted by atomic mass is 16.2. The molecule has 2 fully saturated rings. The molecule has 23 heavy (non-hydrogen) atoms. The first-order valence-electron chi connectivity index (χ1n) is 9.04. The molecule has 1 heterocycles. The Hall–Kier alpha value is -1.30. The highest BCUT2D eigenvalue weighted by Gasteiger charge is 2.28. The molecule has 0 aromatic rings. The number of likely N-dealkylation sites (tertiary alicyclic amines) is 1. The topological polar surface area (TPSA) is 64.7 Å². The summed E-state index contributed by atoms with van der Waals surface area (Å²) >= 11 is 0. The number of amides is 3. The van der Waals surface area contributed by atoms with Crippen molar-refractivity contribution < 1.29 is 9.59 Å². The van der Waals surface area contributed by atoms with Gasteiger partial charge in [-0.05, 0) is 39.8 Å². The SMILES string of the molecule is CN(C)CCNC(=O)C1CCN(C(=O)NC2CCCCC2)CC1. The highest BCUT2D eigenvalue weighted by molar-refractivity contribution is 5.79. The van der Waals surface area contributed by atoms with Crippen molar-refractivity contribution in [1.29, 1.82) is 0 Å². The third-order valence-electron chi connectivity index (χ3n) is 4.94. The zero-order valence-electron chi connectivity index (χ0n) is 14.6. The molecule has 2 aliphatic rings. The summed E-state index contributed by atoms with van der Waals surface area (Å²) in [6.45, 7) is 2.91. The minimum atomic E-state index is 0.0518. The molecule has 1 saturated heterocycles. The Morgan fingerprint density at radius 1 is 1.04 bits per heavy atom. The van der Waals surface area contributed by atoms with Crippen molar-refractivity contribution in [3.8, 4) is 0 Å². The van der Waals surface area contributed by atoms with Crippen molar-refractivity contribution in [2.24, 2.45) is 5.92 Å². The van der Waals surface area contributed by atoms with Crippen LogP contribution in [0, 0.1) is 5.92 Å². The number of urea groups is 1. The Bertz CT molecular complexity index is 386.